The van der Waals surface area contributed by atoms with Crippen molar-refractivity contribution < 1.29 is 4.79 Å². The Bertz CT molecular complexity index is 1030. The zero-order valence-corrected chi connectivity index (χ0v) is 17.1. The number of H-pyrrole nitrogens is 1. The highest BCUT2D eigenvalue weighted by atomic mass is 35.5. The number of hydrogen-bond donors (Lipinski definition) is 2. The Morgan fingerprint density at radius 2 is 2.00 bits per heavy atom. The molecular weight excluding hydrogens is 381 g/mol. The maximum absolute atomic E-state index is 13.1. The van der Waals surface area contributed by atoms with Gasteiger partial charge in [-0.15, -0.1) is 0 Å². The number of hydrogen-bond acceptors (Lipinski definition) is 2. The molecule has 1 unspecified atom stereocenters. The molecule has 4 saturated heterocycles. The Morgan fingerprint density at radius 1 is 1.22 bits per heavy atom. The van der Waals surface area contributed by atoms with E-state index in [1.54, 1.807) is 0 Å². The van der Waals surface area contributed by atoms with Gasteiger partial charge in [0.05, 0.1) is 15.6 Å². The molecule has 2 bridgehead atoms. The minimum atomic E-state index is -0.278. The van der Waals surface area contributed by atoms with Crippen molar-refractivity contribution in [2.75, 3.05) is 13.1 Å². The Labute approximate surface area is 168 Å². The molecule has 5 heterocycles. The number of carbonyl (C=O) groups excluding carboxylic acids is 1. The fourth-order valence-electron chi connectivity index (χ4n) is 6.84. The molecule has 1 amide bonds. The number of benzene rings is 1. The number of aromatic nitrogens is 1. The molecule has 2 aromatic rings. The van der Waals surface area contributed by atoms with Crippen LogP contribution >= 0.6 is 23.2 Å². The molecule has 0 saturated carbocycles. The van der Waals surface area contributed by atoms with E-state index in [0.29, 0.717) is 16.0 Å². The third kappa shape index (κ3) is 1.83. The predicted octanol–water partition coefficient (Wildman–Crippen LogP) is 4.03. The number of halogens is 2. The van der Waals surface area contributed by atoms with Crippen LogP contribution in [0.3, 0.4) is 0 Å². The van der Waals surface area contributed by atoms with Crippen LogP contribution in [-0.4, -0.2) is 40.0 Å². The fraction of sp³-hybridized carbons (Fsp3) is 0.571. The molecule has 1 aromatic carbocycles. The highest BCUT2D eigenvalue weighted by molar-refractivity contribution is 6.42. The average molecular weight is 404 g/mol. The van der Waals surface area contributed by atoms with Crippen LogP contribution in [0, 0.1) is 5.92 Å². The Morgan fingerprint density at radius 3 is 2.81 bits per heavy atom. The number of carbonyl (C=O) groups is 1. The summed E-state index contributed by atoms with van der Waals surface area (Å²) in [7, 11) is 0. The van der Waals surface area contributed by atoms with Crippen molar-refractivity contribution in [3.05, 3.63) is 33.4 Å². The van der Waals surface area contributed by atoms with Crippen LogP contribution in [-0.2, 0) is 16.6 Å². The lowest BCUT2D eigenvalue weighted by molar-refractivity contribution is -0.160. The second-order valence-electron chi connectivity index (χ2n) is 9.61. The predicted molar refractivity (Wildman–Crippen MR) is 108 cm³/mol. The minimum Gasteiger partial charge on any atom is -0.358 e. The number of piperazine rings is 1. The first-order valence-corrected chi connectivity index (χ1v) is 10.6. The van der Waals surface area contributed by atoms with E-state index in [1.807, 2.05) is 12.1 Å². The van der Waals surface area contributed by atoms with Crippen LogP contribution in [0.25, 0.3) is 10.9 Å². The van der Waals surface area contributed by atoms with E-state index >= 15 is 0 Å². The molecule has 7 rings (SSSR count). The molecule has 3 atom stereocenters. The van der Waals surface area contributed by atoms with Crippen molar-refractivity contribution in [3.63, 3.8) is 0 Å². The molecule has 2 N–H and O–H groups in total. The van der Waals surface area contributed by atoms with Crippen LogP contribution in [0.1, 0.15) is 44.4 Å². The average Bonchev–Trinajstić information content (AvgIpc) is 3.17. The summed E-state index contributed by atoms with van der Waals surface area (Å²) in [5, 5.41) is 5.81. The highest BCUT2D eigenvalue weighted by Crippen LogP contribution is 2.58. The van der Waals surface area contributed by atoms with Gasteiger partial charge in [-0.25, -0.2) is 0 Å². The summed E-state index contributed by atoms with van der Waals surface area (Å²) < 4.78 is 0. The van der Waals surface area contributed by atoms with E-state index in [4.69, 9.17) is 23.2 Å². The SMILES string of the molecule is CC1(C)c2[nH]c3cc(Cl)c(Cl)cc3c2CC23CN4CCC[C@@]4(C[C@H]21)C(=O)N3. The second-order valence-corrected chi connectivity index (χ2v) is 10.4. The summed E-state index contributed by atoms with van der Waals surface area (Å²) in [5.74, 6) is 0.672. The van der Waals surface area contributed by atoms with Gasteiger partial charge in [0.1, 0.15) is 5.54 Å². The lowest BCUT2D eigenvalue weighted by Gasteiger charge is -2.65. The summed E-state index contributed by atoms with van der Waals surface area (Å²) in [5.41, 5.74) is 3.09. The topological polar surface area (TPSA) is 48.1 Å². The first-order chi connectivity index (χ1) is 12.8. The molecule has 1 aromatic heterocycles. The van der Waals surface area contributed by atoms with Gasteiger partial charge in [-0.05, 0) is 55.8 Å². The van der Waals surface area contributed by atoms with Crippen LogP contribution in [0.5, 0.6) is 0 Å². The number of nitrogens with zero attached hydrogens (tertiary/aromatic N) is 1. The first-order valence-electron chi connectivity index (χ1n) is 9.85. The molecule has 1 aliphatic carbocycles. The largest absolute Gasteiger partial charge is 0.358 e. The fourth-order valence-corrected chi connectivity index (χ4v) is 7.16. The van der Waals surface area contributed by atoms with Gasteiger partial charge >= 0.3 is 0 Å². The third-order valence-electron chi connectivity index (χ3n) is 8.05. The third-order valence-corrected chi connectivity index (χ3v) is 8.77. The minimum absolute atomic E-state index is 0.0546. The quantitative estimate of drug-likeness (QED) is 0.697. The van der Waals surface area contributed by atoms with Crippen LogP contribution < -0.4 is 5.32 Å². The molecule has 2 spiro atoms. The molecular formula is C21H23Cl2N3O. The zero-order valence-electron chi connectivity index (χ0n) is 15.6. The Hall–Kier alpha value is -1.23. The van der Waals surface area contributed by atoms with Crippen molar-refractivity contribution in [1.82, 2.24) is 15.2 Å². The maximum atomic E-state index is 13.1. The number of aromatic amines is 1. The van der Waals surface area contributed by atoms with Gasteiger partial charge in [0.15, 0.2) is 0 Å². The molecule has 4 aliphatic heterocycles. The van der Waals surface area contributed by atoms with E-state index in [-0.39, 0.29) is 22.4 Å². The number of rotatable bonds is 0. The summed E-state index contributed by atoms with van der Waals surface area (Å²) in [6.07, 6.45) is 3.93. The van der Waals surface area contributed by atoms with Gasteiger partial charge < -0.3 is 10.3 Å². The molecule has 6 heteroatoms. The monoisotopic (exact) mass is 403 g/mol. The normalized spacial score (nSPS) is 36.4. The van der Waals surface area contributed by atoms with Crippen LogP contribution in [0.15, 0.2) is 12.1 Å². The van der Waals surface area contributed by atoms with Crippen molar-refractivity contribution in [3.8, 4) is 0 Å². The van der Waals surface area contributed by atoms with Gasteiger partial charge in [0, 0.05) is 28.6 Å². The number of amides is 1. The van der Waals surface area contributed by atoms with E-state index in [2.05, 4.69) is 29.0 Å². The van der Waals surface area contributed by atoms with Gasteiger partial charge in [0.25, 0.3) is 0 Å². The van der Waals surface area contributed by atoms with Crippen molar-refractivity contribution in [2.45, 2.75) is 56.0 Å². The maximum Gasteiger partial charge on any atom is 0.241 e. The number of fused-ring (bicyclic) bond motifs is 4. The lowest BCUT2D eigenvalue weighted by atomic mass is 9.51. The van der Waals surface area contributed by atoms with Crippen molar-refractivity contribution in [1.29, 1.82) is 0 Å². The summed E-state index contributed by atoms with van der Waals surface area (Å²) in [6, 6.07) is 3.91. The van der Waals surface area contributed by atoms with Gasteiger partial charge in [-0.1, -0.05) is 37.0 Å². The summed E-state index contributed by atoms with van der Waals surface area (Å²) in [4.78, 5) is 19.3. The summed E-state index contributed by atoms with van der Waals surface area (Å²) in [6.45, 7) is 6.67. The van der Waals surface area contributed by atoms with Crippen molar-refractivity contribution in [2.24, 2.45) is 5.92 Å². The molecule has 142 valence electrons. The number of nitrogens with one attached hydrogen (secondary N) is 2. The van der Waals surface area contributed by atoms with Gasteiger partial charge in [0.2, 0.25) is 5.91 Å². The Balaban J connectivity index is 1.59. The van der Waals surface area contributed by atoms with Crippen LogP contribution in [0.2, 0.25) is 10.0 Å². The van der Waals surface area contributed by atoms with Crippen LogP contribution in [0.4, 0.5) is 0 Å². The molecule has 0 radical (unpaired) electrons. The van der Waals surface area contributed by atoms with E-state index < -0.39 is 0 Å². The lowest BCUT2D eigenvalue weighted by Crippen LogP contribution is -2.82. The first kappa shape index (κ1) is 16.7. The smallest absolute Gasteiger partial charge is 0.241 e. The molecule has 4 fully saturated rings. The molecule has 27 heavy (non-hydrogen) atoms. The Kier molecular flexibility index (Phi) is 2.99. The second kappa shape index (κ2) is 4.84. The molecule has 5 aliphatic rings. The van der Waals surface area contributed by atoms with Gasteiger partial charge in [-0.2, -0.15) is 0 Å². The van der Waals surface area contributed by atoms with Gasteiger partial charge in [-0.3, -0.25) is 9.69 Å². The van der Waals surface area contributed by atoms with Crippen molar-refractivity contribution >= 4 is 40.0 Å². The number of piperidine rings is 2. The molecule has 4 nitrogen and oxygen atoms in total. The highest BCUT2D eigenvalue weighted by Gasteiger charge is 2.68. The van der Waals surface area contributed by atoms with E-state index in [1.165, 1.54) is 11.3 Å². The zero-order chi connectivity index (χ0) is 18.8. The summed E-state index contributed by atoms with van der Waals surface area (Å²) >= 11 is 12.6. The van der Waals surface area contributed by atoms with E-state index in [0.717, 1.165) is 49.7 Å². The van der Waals surface area contributed by atoms with E-state index in [9.17, 15) is 4.79 Å². The standard InChI is InChI=1S/C21H23Cl2N3O/c1-19(2)16-9-21-4-3-5-26(21)10-20(16,25-18(21)27)8-12-11-6-13(22)14(23)7-15(11)24-17(12)19/h6-7,16,24H,3-5,8-10H2,1-2H3,(H,25,27)/t16-,20?,21+/m0/s1.